The Morgan fingerprint density at radius 1 is 0.900 bits per heavy atom. The van der Waals surface area contributed by atoms with E-state index in [0.717, 1.165) is 28.5 Å². The van der Waals surface area contributed by atoms with Gasteiger partial charge in [-0.15, -0.1) is 0 Å². The smallest absolute Gasteiger partial charge is 0.433 e. The second-order valence-corrected chi connectivity index (χ2v) is 7.52. The Kier molecular flexibility index (Phi) is 5.10. The summed E-state index contributed by atoms with van der Waals surface area (Å²) in [7, 11) is 0. The molecule has 1 N–H and O–H groups in total. The maximum Gasteiger partial charge on any atom is 0.433 e. The number of aryl methyl sites for hydroxylation is 1. The van der Waals surface area contributed by atoms with Crippen LogP contribution in [0.2, 0.25) is 0 Å². The predicted molar refractivity (Wildman–Crippen MR) is 107 cm³/mol. The SMILES string of the molecule is O=C(O)C1(CCCCc2cccnc2C(F)(F)F)c2ccccc2-c2ccccc21. The molecule has 0 radical (unpaired) electrons. The molecule has 0 fully saturated rings. The quantitative estimate of drug-likeness (QED) is 0.517. The van der Waals surface area contributed by atoms with E-state index in [1.165, 1.54) is 12.1 Å². The second-order valence-electron chi connectivity index (χ2n) is 7.52. The fourth-order valence-electron chi connectivity index (χ4n) is 4.53. The lowest BCUT2D eigenvalue weighted by Gasteiger charge is -2.27. The van der Waals surface area contributed by atoms with Gasteiger partial charge in [-0.2, -0.15) is 13.2 Å². The van der Waals surface area contributed by atoms with E-state index in [1.54, 1.807) is 0 Å². The average molecular weight is 411 g/mol. The van der Waals surface area contributed by atoms with Crippen molar-refractivity contribution in [2.75, 3.05) is 0 Å². The molecule has 0 spiro atoms. The van der Waals surface area contributed by atoms with Crippen LogP contribution in [0, 0.1) is 0 Å². The van der Waals surface area contributed by atoms with Crippen molar-refractivity contribution in [2.45, 2.75) is 37.3 Å². The molecule has 0 saturated carbocycles. The third kappa shape index (κ3) is 3.26. The summed E-state index contributed by atoms with van der Waals surface area (Å²) in [5.41, 5.74) is 1.39. The number of hydrogen-bond donors (Lipinski definition) is 1. The first kappa shape index (κ1) is 20.1. The Labute approximate surface area is 172 Å². The van der Waals surface area contributed by atoms with E-state index >= 15 is 0 Å². The average Bonchev–Trinajstić information content (AvgIpc) is 3.02. The minimum Gasteiger partial charge on any atom is -0.480 e. The van der Waals surface area contributed by atoms with Crippen molar-refractivity contribution in [3.63, 3.8) is 0 Å². The van der Waals surface area contributed by atoms with Crippen LogP contribution >= 0.6 is 0 Å². The number of carboxylic acids is 1. The van der Waals surface area contributed by atoms with Crippen LogP contribution in [0.4, 0.5) is 13.2 Å². The Morgan fingerprint density at radius 3 is 2.07 bits per heavy atom. The molecule has 0 aliphatic heterocycles. The number of halogens is 3. The number of carboxylic acid groups (broad SMARTS) is 1. The Hall–Kier alpha value is -3.15. The van der Waals surface area contributed by atoms with Crippen molar-refractivity contribution in [1.82, 2.24) is 4.98 Å². The van der Waals surface area contributed by atoms with E-state index in [1.807, 2.05) is 48.5 Å². The number of aliphatic carboxylic acids is 1. The first-order valence-corrected chi connectivity index (χ1v) is 9.79. The minimum absolute atomic E-state index is 0.140. The van der Waals surface area contributed by atoms with Crippen molar-refractivity contribution >= 4 is 5.97 Å². The number of fused-ring (bicyclic) bond motifs is 3. The number of hydrogen-bond acceptors (Lipinski definition) is 2. The van der Waals surface area contributed by atoms with Gasteiger partial charge in [0, 0.05) is 6.20 Å². The number of unbranched alkanes of at least 4 members (excludes halogenated alkanes) is 1. The molecule has 3 nitrogen and oxygen atoms in total. The molecule has 0 atom stereocenters. The van der Waals surface area contributed by atoms with Gasteiger partial charge in [0.05, 0.1) is 0 Å². The Balaban J connectivity index is 1.59. The van der Waals surface area contributed by atoms with Crippen LogP contribution in [0.15, 0.2) is 66.9 Å². The van der Waals surface area contributed by atoms with Gasteiger partial charge in [0.1, 0.15) is 11.1 Å². The van der Waals surface area contributed by atoms with Crippen LogP contribution in [-0.2, 0) is 22.8 Å². The zero-order chi connectivity index (χ0) is 21.4. The van der Waals surface area contributed by atoms with Crippen molar-refractivity contribution in [3.8, 4) is 11.1 Å². The van der Waals surface area contributed by atoms with E-state index in [0.29, 0.717) is 19.3 Å². The molecule has 3 aromatic rings. The summed E-state index contributed by atoms with van der Waals surface area (Å²) < 4.78 is 39.5. The van der Waals surface area contributed by atoms with Crippen LogP contribution in [-0.4, -0.2) is 16.1 Å². The second kappa shape index (κ2) is 7.59. The largest absolute Gasteiger partial charge is 0.480 e. The highest BCUT2D eigenvalue weighted by Gasteiger charge is 2.48. The first-order valence-electron chi connectivity index (χ1n) is 9.79. The number of nitrogens with zero attached hydrogens (tertiary/aromatic N) is 1. The number of rotatable bonds is 6. The maximum absolute atomic E-state index is 13.2. The Bertz CT molecular complexity index is 1050. The maximum atomic E-state index is 13.2. The number of alkyl halides is 3. The van der Waals surface area contributed by atoms with Crippen LogP contribution in [0.5, 0.6) is 0 Å². The molecule has 1 aromatic heterocycles. The molecule has 1 aliphatic carbocycles. The highest BCUT2D eigenvalue weighted by Crippen LogP contribution is 2.51. The minimum atomic E-state index is -4.50. The zero-order valence-corrected chi connectivity index (χ0v) is 16.1. The van der Waals surface area contributed by atoms with Gasteiger partial charge in [-0.3, -0.25) is 9.78 Å². The van der Waals surface area contributed by atoms with Crippen molar-refractivity contribution in [2.24, 2.45) is 0 Å². The summed E-state index contributed by atoms with van der Waals surface area (Å²) >= 11 is 0. The van der Waals surface area contributed by atoms with Gasteiger partial charge in [-0.05, 0) is 53.1 Å². The lowest BCUT2D eigenvalue weighted by molar-refractivity contribution is -0.142. The summed E-state index contributed by atoms with van der Waals surface area (Å²) in [5, 5.41) is 10.3. The van der Waals surface area contributed by atoms with E-state index < -0.39 is 23.3 Å². The van der Waals surface area contributed by atoms with Crippen molar-refractivity contribution in [3.05, 3.63) is 89.2 Å². The van der Waals surface area contributed by atoms with Gasteiger partial charge in [0.15, 0.2) is 0 Å². The van der Waals surface area contributed by atoms with Crippen molar-refractivity contribution in [1.29, 1.82) is 0 Å². The van der Waals surface area contributed by atoms with Crippen LogP contribution in [0.1, 0.15) is 41.6 Å². The van der Waals surface area contributed by atoms with Gasteiger partial charge in [-0.25, -0.2) is 0 Å². The predicted octanol–water partition coefficient (Wildman–Crippen LogP) is 5.86. The number of benzene rings is 2. The summed E-state index contributed by atoms with van der Waals surface area (Å²) in [5.74, 6) is -0.933. The third-order valence-corrected chi connectivity index (χ3v) is 5.84. The van der Waals surface area contributed by atoms with Crippen LogP contribution in [0.25, 0.3) is 11.1 Å². The van der Waals surface area contributed by atoms with E-state index in [-0.39, 0.29) is 12.0 Å². The summed E-state index contributed by atoms with van der Waals surface area (Å²) in [6, 6.07) is 17.9. The lowest BCUT2D eigenvalue weighted by atomic mass is 9.74. The van der Waals surface area contributed by atoms with Gasteiger partial charge in [0.25, 0.3) is 0 Å². The standard InChI is InChI=1S/C24H20F3NO2/c25-24(26,27)21-16(9-7-15-28-21)8-5-6-14-23(22(29)30)19-12-3-1-10-17(19)18-11-2-4-13-20(18)23/h1-4,7,9-13,15H,5-6,8,14H2,(H,29,30). The molecule has 0 amide bonds. The molecular formula is C24H20F3NO2. The van der Waals surface area contributed by atoms with Gasteiger partial charge in [-0.1, -0.05) is 61.0 Å². The molecule has 2 aromatic carbocycles. The van der Waals surface area contributed by atoms with Gasteiger partial charge in [0.2, 0.25) is 0 Å². The molecule has 0 bridgehead atoms. The highest BCUT2D eigenvalue weighted by molar-refractivity contribution is 5.97. The molecule has 30 heavy (non-hydrogen) atoms. The molecule has 6 heteroatoms. The number of aromatic nitrogens is 1. The highest BCUT2D eigenvalue weighted by atomic mass is 19.4. The zero-order valence-electron chi connectivity index (χ0n) is 16.1. The summed E-state index contributed by atoms with van der Waals surface area (Å²) in [6.45, 7) is 0. The number of carbonyl (C=O) groups is 1. The molecule has 1 aliphatic rings. The molecule has 1 heterocycles. The van der Waals surface area contributed by atoms with Crippen molar-refractivity contribution < 1.29 is 23.1 Å². The molecule has 0 saturated heterocycles. The van der Waals surface area contributed by atoms with Gasteiger partial charge < -0.3 is 5.11 Å². The monoisotopic (exact) mass is 411 g/mol. The first-order chi connectivity index (χ1) is 14.4. The normalized spacial score (nSPS) is 14.2. The third-order valence-electron chi connectivity index (χ3n) is 5.84. The van der Waals surface area contributed by atoms with E-state index in [4.69, 9.17) is 0 Å². The fraction of sp³-hybridized carbons (Fsp3) is 0.250. The molecule has 4 rings (SSSR count). The molecule has 0 unspecified atom stereocenters. The summed E-state index contributed by atoms with van der Waals surface area (Å²) in [4.78, 5) is 16.0. The topological polar surface area (TPSA) is 50.2 Å². The van der Waals surface area contributed by atoms with Crippen LogP contribution < -0.4 is 0 Å². The number of pyridine rings is 1. The summed E-state index contributed by atoms with van der Waals surface area (Å²) in [6.07, 6.45) is -1.94. The van der Waals surface area contributed by atoms with E-state index in [9.17, 15) is 23.1 Å². The van der Waals surface area contributed by atoms with E-state index in [2.05, 4.69) is 4.98 Å². The lowest BCUT2D eigenvalue weighted by Crippen LogP contribution is -2.35. The Morgan fingerprint density at radius 2 is 1.50 bits per heavy atom. The fourth-order valence-corrected chi connectivity index (χ4v) is 4.53. The molecule has 154 valence electrons. The van der Waals surface area contributed by atoms with Crippen LogP contribution in [0.3, 0.4) is 0 Å². The molecular weight excluding hydrogens is 391 g/mol. The van der Waals surface area contributed by atoms with Gasteiger partial charge >= 0.3 is 12.1 Å².